The van der Waals surface area contributed by atoms with E-state index in [4.69, 9.17) is 10.2 Å². The van der Waals surface area contributed by atoms with Gasteiger partial charge < -0.3 is 15.5 Å². The number of carbonyl (C=O) groups is 1. The van der Waals surface area contributed by atoms with Gasteiger partial charge in [0.15, 0.2) is 5.76 Å². The number of hydrogen-bond acceptors (Lipinski definition) is 4. The summed E-state index contributed by atoms with van der Waals surface area (Å²) in [4.78, 5) is 15.9. The highest BCUT2D eigenvalue weighted by atomic mass is 35.5. The summed E-state index contributed by atoms with van der Waals surface area (Å²) in [7, 11) is 0. The molecule has 2 atom stereocenters. The average Bonchev–Trinajstić information content (AvgIpc) is 2.88. The molecule has 0 aliphatic heterocycles. The Bertz CT molecular complexity index is 569. The van der Waals surface area contributed by atoms with E-state index in [1.165, 1.54) is 0 Å². The summed E-state index contributed by atoms with van der Waals surface area (Å²) in [6, 6.07) is 9.27. The molecular weight excluding hydrogens is 290 g/mol. The van der Waals surface area contributed by atoms with Gasteiger partial charge in [-0.2, -0.15) is 0 Å². The van der Waals surface area contributed by atoms with Gasteiger partial charge in [0, 0.05) is 18.0 Å². The predicted molar refractivity (Wildman–Crippen MR) is 84.0 cm³/mol. The maximum atomic E-state index is 11.7. The third kappa shape index (κ3) is 4.88. The second-order valence-electron chi connectivity index (χ2n) is 4.90. The Morgan fingerprint density at radius 1 is 1.33 bits per heavy atom. The van der Waals surface area contributed by atoms with Crippen molar-refractivity contribution >= 4 is 18.3 Å². The lowest BCUT2D eigenvalue weighted by Crippen LogP contribution is -2.31. The molecule has 0 aliphatic carbocycles. The van der Waals surface area contributed by atoms with E-state index in [0.29, 0.717) is 11.7 Å². The van der Waals surface area contributed by atoms with Crippen molar-refractivity contribution in [2.75, 3.05) is 0 Å². The summed E-state index contributed by atoms with van der Waals surface area (Å²) in [5.41, 5.74) is 6.55. The summed E-state index contributed by atoms with van der Waals surface area (Å²) in [5, 5.41) is 2.82. The summed E-state index contributed by atoms with van der Waals surface area (Å²) >= 11 is 0. The van der Waals surface area contributed by atoms with Crippen LogP contribution in [0.5, 0.6) is 0 Å². The summed E-state index contributed by atoms with van der Waals surface area (Å²) < 4.78 is 5.68. The van der Waals surface area contributed by atoms with E-state index in [0.717, 1.165) is 5.56 Å². The van der Waals surface area contributed by atoms with Gasteiger partial charge in [0.25, 0.3) is 0 Å². The first-order chi connectivity index (χ1) is 9.56. The maximum absolute atomic E-state index is 11.7. The minimum Gasteiger partial charge on any atom is -0.438 e. The summed E-state index contributed by atoms with van der Waals surface area (Å²) in [5.74, 6) is 1.07. The normalized spacial score (nSPS) is 13.1. The molecule has 0 bridgehead atoms. The van der Waals surface area contributed by atoms with Crippen LogP contribution in [0.2, 0.25) is 0 Å². The zero-order chi connectivity index (χ0) is 14.5. The van der Waals surface area contributed by atoms with Gasteiger partial charge in [-0.05, 0) is 13.8 Å². The fraction of sp³-hybridized carbons (Fsp3) is 0.333. The van der Waals surface area contributed by atoms with Gasteiger partial charge >= 0.3 is 0 Å². The molecule has 0 fully saturated rings. The Balaban J connectivity index is 0.00000220. The van der Waals surface area contributed by atoms with E-state index in [2.05, 4.69) is 10.3 Å². The molecule has 1 amide bonds. The van der Waals surface area contributed by atoms with Gasteiger partial charge in [0.2, 0.25) is 11.8 Å². The van der Waals surface area contributed by atoms with Crippen LogP contribution in [0.3, 0.4) is 0 Å². The molecule has 0 saturated carbocycles. The molecule has 2 aromatic rings. The summed E-state index contributed by atoms with van der Waals surface area (Å²) in [6.45, 7) is 3.63. The summed E-state index contributed by atoms with van der Waals surface area (Å²) in [6.07, 6.45) is 1.95. The van der Waals surface area contributed by atoms with Crippen LogP contribution in [0.1, 0.15) is 32.2 Å². The molecule has 1 aromatic heterocycles. The minimum absolute atomic E-state index is 0. The van der Waals surface area contributed by atoms with Crippen LogP contribution in [0, 0.1) is 0 Å². The Kier molecular flexibility index (Phi) is 6.39. The molecule has 114 valence electrons. The van der Waals surface area contributed by atoms with Crippen LogP contribution in [-0.2, 0) is 4.79 Å². The first kappa shape index (κ1) is 17.2. The first-order valence-corrected chi connectivity index (χ1v) is 6.62. The molecule has 0 aliphatic rings. The van der Waals surface area contributed by atoms with Gasteiger partial charge in [0.05, 0.1) is 6.20 Å². The molecule has 1 aromatic carbocycles. The molecule has 0 spiro atoms. The van der Waals surface area contributed by atoms with E-state index < -0.39 is 0 Å². The van der Waals surface area contributed by atoms with E-state index in [1.54, 1.807) is 13.1 Å². The maximum Gasteiger partial charge on any atom is 0.222 e. The van der Waals surface area contributed by atoms with Crippen molar-refractivity contribution in [2.24, 2.45) is 5.73 Å². The second-order valence-corrected chi connectivity index (χ2v) is 4.90. The quantitative estimate of drug-likeness (QED) is 0.889. The van der Waals surface area contributed by atoms with Crippen molar-refractivity contribution in [1.29, 1.82) is 0 Å². The van der Waals surface area contributed by atoms with Crippen molar-refractivity contribution < 1.29 is 9.21 Å². The van der Waals surface area contributed by atoms with Crippen molar-refractivity contribution in [1.82, 2.24) is 10.3 Å². The Labute approximate surface area is 130 Å². The van der Waals surface area contributed by atoms with Crippen LogP contribution in [-0.4, -0.2) is 16.9 Å². The van der Waals surface area contributed by atoms with Crippen molar-refractivity contribution in [3.8, 4) is 11.3 Å². The molecule has 0 saturated heterocycles. The van der Waals surface area contributed by atoms with Crippen molar-refractivity contribution in [3.63, 3.8) is 0 Å². The lowest BCUT2D eigenvalue weighted by molar-refractivity contribution is -0.122. The number of amides is 1. The molecular formula is C15H20ClN3O2. The number of aromatic nitrogens is 1. The zero-order valence-electron chi connectivity index (χ0n) is 12.1. The van der Waals surface area contributed by atoms with E-state index in [9.17, 15) is 4.79 Å². The standard InChI is InChI=1S/C15H19N3O2.ClH/c1-10(16)8-14(19)18-11(2)15-17-9-13(20-15)12-6-4-3-5-7-12;/h3-7,9-11H,8,16H2,1-2H3,(H,18,19);1H. The topological polar surface area (TPSA) is 81.2 Å². The predicted octanol–water partition coefficient (Wildman–Crippen LogP) is 2.68. The molecule has 2 rings (SSSR count). The molecule has 21 heavy (non-hydrogen) atoms. The highest BCUT2D eigenvalue weighted by molar-refractivity contribution is 5.85. The number of carbonyl (C=O) groups excluding carboxylic acids is 1. The number of rotatable bonds is 5. The van der Waals surface area contributed by atoms with Crippen molar-refractivity contribution in [3.05, 3.63) is 42.4 Å². The van der Waals surface area contributed by atoms with Crippen LogP contribution in [0.4, 0.5) is 0 Å². The van der Waals surface area contributed by atoms with Crippen molar-refractivity contribution in [2.45, 2.75) is 32.4 Å². The van der Waals surface area contributed by atoms with Gasteiger partial charge in [-0.15, -0.1) is 12.4 Å². The van der Waals surface area contributed by atoms with E-state index >= 15 is 0 Å². The van der Waals surface area contributed by atoms with Crippen LogP contribution in [0.25, 0.3) is 11.3 Å². The molecule has 2 unspecified atom stereocenters. The number of nitrogens with one attached hydrogen (secondary N) is 1. The first-order valence-electron chi connectivity index (χ1n) is 6.62. The van der Waals surface area contributed by atoms with Crippen LogP contribution < -0.4 is 11.1 Å². The number of nitrogens with zero attached hydrogens (tertiary/aromatic N) is 1. The van der Waals surface area contributed by atoms with E-state index in [1.807, 2.05) is 37.3 Å². The zero-order valence-corrected chi connectivity index (χ0v) is 12.9. The smallest absolute Gasteiger partial charge is 0.222 e. The molecule has 0 radical (unpaired) electrons. The average molecular weight is 310 g/mol. The van der Waals surface area contributed by atoms with Gasteiger partial charge in [-0.3, -0.25) is 4.79 Å². The number of halogens is 1. The Morgan fingerprint density at radius 3 is 2.62 bits per heavy atom. The van der Waals surface area contributed by atoms with Crippen LogP contribution >= 0.6 is 12.4 Å². The van der Waals surface area contributed by atoms with Gasteiger partial charge in [-0.1, -0.05) is 30.3 Å². The third-order valence-corrected chi connectivity index (χ3v) is 2.84. The molecule has 5 nitrogen and oxygen atoms in total. The SMILES string of the molecule is CC(N)CC(=O)NC(C)c1ncc(-c2ccccc2)o1.Cl. The number of oxazole rings is 1. The number of nitrogens with two attached hydrogens (primary N) is 1. The van der Waals surface area contributed by atoms with E-state index in [-0.39, 0.29) is 36.8 Å². The molecule has 6 heteroatoms. The lowest BCUT2D eigenvalue weighted by Gasteiger charge is -2.11. The number of benzene rings is 1. The highest BCUT2D eigenvalue weighted by Gasteiger charge is 2.16. The second kappa shape index (κ2) is 7.81. The van der Waals surface area contributed by atoms with Gasteiger partial charge in [0.1, 0.15) is 6.04 Å². The minimum atomic E-state index is -0.279. The monoisotopic (exact) mass is 309 g/mol. The fourth-order valence-electron chi connectivity index (χ4n) is 1.88. The van der Waals surface area contributed by atoms with Crippen LogP contribution in [0.15, 0.2) is 40.9 Å². The molecule has 1 heterocycles. The van der Waals surface area contributed by atoms with Gasteiger partial charge in [-0.25, -0.2) is 4.98 Å². The Morgan fingerprint density at radius 2 is 2.00 bits per heavy atom. The Hall–Kier alpha value is -1.85. The largest absolute Gasteiger partial charge is 0.438 e. The molecule has 3 N–H and O–H groups in total. The lowest BCUT2D eigenvalue weighted by atomic mass is 10.2. The fourth-order valence-corrected chi connectivity index (χ4v) is 1.88. The third-order valence-electron chi connectivity index (χ3n) is 2.84. The number of hydrogen-bond donors (Lipinski definition) is 2. The highest BCUT2D eigenvalue weighted by Crippen LogP contribution is 2.22.